The average molecular weight is 288 g/mol. The summed E-state index contributed by atoms with van der Waals surface area (Å²) in [5, 5.41) is 12.5. The Balaban J connectivity index is 2.73. The third-order valence-electron chi connectivity index (χ3n) is 3.71. The fraction of sp³-hybridized carbons (Fsp3) is 0.846. The number of nitrogens with zero attached hydrogens (tertiary/aromatic N) is 1. The van der Waals surface area contributed by atoms with Gasteiger partial charge >= 0.3 is 12.0 Å². The first-order valence-corrected chi connectivity index (χ1v) is 7.88. The first-order chi connectivity index (χ1) is 8.79. The maximum atomic E-state index is 12.2. The lowest BCUT2D eigenvalue weighted by Crippen LogP contribution is -2.59. The van der Waals surface area contributed by atoms with Crippen LogP contribution in [0.5, 0.6) is 0 Å². The number of amides is 2. The minimum absolute atomic E-state index is 0.263. The zero-order valence-corrected chi connectivity index (χ0v) is 12.9. The van der Waals surface area contributed by atoms with Gasteiger partial charge in [0.25, 0.3) is 0 Å². The number of carboxylic acids is 1. The van der Waals surface area contributed by atoms with E-state index in [-0.39, 0.29) is 11.4 Å². The second kappa shape index (κ2) is 6.50. The lowest BCUT2D eigenvalue weighted by Gasteiger charge is -2.43. The van der Waals surface area contributed by atoms with Crippen LogP contribution in [0.2, 0.25) is 0 Å². The smallest absolute Gasteiger partial charge is 0.327 e. The molecule has 0 aromatic carbocycles. The van der Waals surface area contributed by atoms with Crippen molar-refractivity contribution in [3.8, 4) is 0 Å². The van der Waals surface area contributed by atoms with Crippen LogP contribution in [-0.4, -0.2) is 52.6 Å². The number of carbonyl (C=O) groups excluding carboxylic acids is 1. The third-order valence-corrected chi connectivity index (χ3v) is 4.68. The number of hydrogen-bond acceptors (Lipinski definition) is 3. The van der Waals surface area contributed by atoms with Crippen LogP contribution >= 0.6 is 11.8 Å². The Kier molecular flexibility index (Phi) is 5.52. The number of hydrogen-bond donors (Lipinski definition) is 2. The van der Waals surface area contributed by atoms with Gasteiger partial charge in [0, 0.05) is 18.3 Å². The standard InChI is InChI=1S/C13H24N2O3S/c1-9(19-4)8-14-12(18)15-7-5-6-13(2,3)10(15)11(16)17/h9-10H,5-8H2,1-4H3,(H,14,18)(H,16,17). The van der Waals surface area contributed by atoms with Gasteiger partial charge in [-0.1, -0.05) is 20.8 Å². The van der Waals surface area contributed by atoms with E-state index in [1.165, 1.54) is 4.90 Å². The summed E-state index contributed by atoms with van der Waals surface area (Å²) < 4.78 is 0. The lowest BCUT2D eigenvalue weighted by atomic mass is 9.76. The zero-order valence-electron chi connectivity index (χ0n) is 12.1. The number of nitrogens with one attached hydrogen (secondary N) is 1. The van der Waals surface area contributed by atoms with Crippen LogP contribution in [0.3, 0.4) is 0 Å². The van der Waals surface area contributed by atoms with E-state index in [1.807, 2.05) is 27.0 Å². The van der Waals surface area contributed by atoms with E-state index in [9.17, 15) is 14.7 Å². The molecule has 6 heteroatoms. The van der Waals surface area contributed by atoms with Crippen molar-refractivity contribution >= 4 is 23.8 Å². The van der Waals surface area contributed by atoms with E-state index in [1.54, 1.807) is 11.8 Å². The van der Waals surface area contributed by atoms with Crippen LogP contribution in [0.1, 0.15) is 33.6 Å². The third kappa shape index (κ3) is 4.03. The van der Waals surface area contributed by atoms with E-state index in [2.05, 4.69) is 5.32 Å². The molecule has 1 saturated heterocycles. The predicted octanol–water partition coefficient (Wildman–Crippen LogP) is 2.02. The molecule has 0 aliphatic carbocycles. The molecule has 0 bridgehead atoms. The van der Waals surface area contributed by atoms with Crippen molar-refractivity contribution < 1.29 is 14.7 Å². The maximum absolute atomic E-state index is 12.2. The number of piperidine rings is 1. The highest BCUT2D eigenvalue weighted by atomic mass is 32.2. The van der Waals surface area contributed by atoms with Crippen LogP contribution in [0.15, 0.2) is 0 Å². The first kappa shape index (κ1) is 16.1. The molecule has 5 nitrogen and oxygen atoms in total. The van der Waals surface area contributed by atoms with Gasteiger partial charge in [-0.05, 0) is 24.5 Å². The molecule has 2 unspecified atom stereocenters. The predicted molar refractivity (Wildman–Crippen MR) is 77.5 cm³/mol. The summed E-state index contributed by atoms with van der Waals surface area (Å²) in [6.07, 6.45) is 3.66. The number of carbonyl (C=O) groups is 2. The molecule has 1 fully saturated rings. The summed E-state index contributed by atoms with van der Waals surface area (Å²) in [4.78, 5) is 25.1. The molecule has 2 N–H and O–H groups in total. The summed E-state index contributed by atoms with van der Waals surface area (Å²) >= 11 is 1.67. The zero-order chi connectivity index (χ0) is 14.6. The van der Waals surface area contributed by atoms with E-state index < -0.39 is 12.0 Å². The summed E-state index contributed by atoms with van der Waals surface area (Å²) in [5.74, 6) is -0.919. The van der Waals surface area contributed by atoms with Gasteiger partial charge in [0.2, 0.25) is 0 Å². The Morgan fingerprint density at radius 1 is 1.53 bits per heavy atom. The summed E-state index contributed by atoms with van der Waals surface area (Å²) in [7, 11) is 0. The number of rotatable bonds is 4. The largest absolute Gasteiger partial charge is 0.480 e. The Bertz CT molecular complexity index is 347. The molecule has 0 radical (unpaired) electrons. The molecular formula is C13H24N2O3S. The molecule has 2 amide bonds. The molecule has 1 aliphatic rings. The fourth-order valence-corrected chi connectivity index (χ4v) is 2.74. The normalized spacial score (nSPS) is 23.8. The van der Waals surface area contributed by atoms with E-state index in [0.717, 1.165) is 12.8 Å². The number of likely N-dealkylation sites (tertiary alicyclic amines) is 1. The van der Waals surface area contributed by atoms with Crippen molar-refractivity contribution in [3.63, 3.8) is 0 Å². The molecule has 0 aromatic rings. The van der Waals surface area contributed by atoms with Gasteiger partial charge in [-0.2, -0.15) is 11.8 Å². The van der Waals surface area contributed by atoms with Crippen molar-refractivity contribution in [1.29, 1.82) is 0 Å². The molecule has 0 aromatic heterocycles. The Morgan fingerprint density at radius 2 is 2.16 bits per heavy atom. The Hall–Kier alpha value is -0.910. The lowest BCUT2D eigenvalue weighted by molar-refractivity contribution is -0.148. The van der Waals surface area contributed by atoms with Gasteiger partial charge in [0.15, 0.2) is 0 Å². The summed E-state index contributed by atoms with van der Waals surface area (Å²) in [6.45, 7) is 6.93. The van der Waals surface area contributed by atoms with Gasteiger partial charge in [-0.25, -0.2) is 9.59 Å². The summed E-state index contributed by atoms with van der Waals surface area (Å²) in [6, 6.07) is -1.01. The van der Waals surface area contributed by atoms with Gasteiger partial charge in [-0.15, -0.1) is 0 Å². The number of aliphatic carboxylic acids is 1. The van der Waals surface area contributed by atoms with Crippen molar-refractivity contribution in [2.75, 3.05) is 19.3 Å². The van der Waals surface area contributed by atoms with Crippen molar-refractivity contribution in [1.82, 2.24) is 10.2 Å². The van der Waals surface area contributed by atoms with Gasteiger partial charge in [0.05, 0.1) is 0 Å². The topological polar surface area (TPSA) is 69.6 Å². The number of urea groups is 1. The minimum Gasteiger partial charge on any atom is -0.480 e. The van der Waals surface area contributed by atoms with Crippen molar-refractivity contribution in [2.24, 2.45) is 5.41 Å². The molecule has 0 saturated carbocycles. The molecule has 1 aliphatic heterocycles. The average Bonchev–Trinajstić information content (AvgIpc) is 2.33. The van der Waals surface area contributed by atoms with Gasteiger partial charge < -0.3 is 15.3 Å². The molecule has 110 valence electrons. The molecule has 0 spiro atoms. The van der Waals surface area contributed by atoms with E-state index in [4.69, 9.17) is 0 Å². The first-order valence-electron chi connectivity index (χ1n) is 6.59. The van der Waals surface area contributed by atoms with Crippen LogP contribution in [0.4, 0.5) is 4.79 Å². The van der Waals surface area contributed by atoms with Gasteiger partial charge in [0.1, 0.15) is 6.04 Å². The number of carboxylic acid groups (broad SMARTS) is 1. The second-order valence-electron chi connectivity index (χ2n) is 5.76. The minimum atomic E-state index is -0.919. The molecule has 1 rings (SSSR count). The van der Waals surface area contributed by atoms with Crippen LogP contribution in [0.25, 0.3) is 0 Å². The second-order valence-corrected chi connectivity index (χ2v) is 7.03. The van der Waals surface area contributed by atoms with Crippen LogP contribution < -0.4 is 5.32 Å². The monoisotopic (exact) mass is 288 g/mol. The quantitative estimate of drug-likeness (QED) is 0.830. The van der Waals surface area contributed by atoms with Gasteiger partial charge in [-0.3, -0.25) is 0 Å². The van der Waals surface area contributed by atoms with Crippen molar-refractivity contribution in [2.45, 2.75) is 44.9 Å². The van der Waals surface area contributed by atoms with E-state index >= 15 is 0 Å². The highest BCUT2D eigenvalue weighted by Crippen LogP contribution is 2.35. The highest BCUT2D eigenvalue weighted by Gasteiger charge is 2.44. The van der Waals surface area contributed by atoms with Crippen LogP contribution in [0, 0.1) is 5.41 Å². The fourth-order valence-electron chi connectivity index (χ4n) is 2.49. The Morgan fingerprint density at radius 3 is 2.68 bits per heavy atom. The Labute approximate surface area is 119 Å². The van der Waals surface area contributed by atoms with Crippen LogP contribution in [-0.2, 0) is 4.79 Å². The summed E-state index contributed by atoms with van der Waals surface area (Å²) in [5.41, 5.74) is -0.382. The van der Waals surface area contributed by atoms with E-state index in [0.29, 0.717) is 18.3 Å². The maximum Gasteiger partial charge on any atom is 0.327 e. The molecule has 2 atom stereocenters. The van der Waals surface area contributed by atoms with Crippen molar-refractivity contribution in [3.05, 3.63) is 0 Å². The highest BCUT2D eigenvalue weighted by molar-refractivity contribution is 7.99. The molecular weight excluding hydrogens is 264 g/mol. The number of thioether (sulfide) groups is 1. The molecule has 19 heavy (non-hydrogen) atoms. The SMILES string of the molecule is CSC(C)CNC(=O)N1CCCC(C)(C)C1C(=O)O. The molecule has 1 heterocycles.